The maximum absolute atomic E-state index is 13.0. The van der Waals surface area contributed by atoms with E-state index >= 15 is 0 Å². The van der Waals surface area contributed by atoms with E-state index in [0.717, 1.165) is 5.56 Å². The highest BCUT2D eigenvalue weighted by atomic mass is 19.1. The molecule has 1 unspecified atom stereocenters. The number of rotatable bonds is 4. The molecule has 0 fully saturated rings. The fourth-order valence-corrected chi connectivity index (χ4v) is 1.40. The number of hydrogen-bond donors (Lipinski definition) is 3. The Bertz CT molecular complexity index is 381. The number of nitrogens with one attached hydrogen (secondary N) is 2. The van der Waals surface area contributed by atoms with Crippen LogP contribution in [0.5, 0.6) is 0 Å². The monoisotopic (exact) mass is 225 g/mol. The third-order valence-electron chi connectivity index (χ3n) is 2.26. The van der Waals surface area contributed by atoms with Gasteiger partial charge < -0.3 is 5.73 Å². The van der Waals surface area contributed by atoms with Crippen molar-refractivity contribution < 1.29 is 9.18 Å². The Kier molecular flexibility index (Phi) is 4.39. The van der Waals surface area contributed by atoms with Crippen molar-refractivity contribution in [1.82, 2.24) is 10.9 Å². The SMILES string of the molecule is CNNC(=O)C(N)Cc1ccc(F)c(C)c1. The van der Waals surface area contributed by atoms with E-state index in [1.165, 1.54) is 6.07 Å². The number of amides is 1. The van der Waals surface area contributed by atoms with E-state index in [2.05, 4.69) is 10.9 Å². The van der Waals surface area contributed by atoms with Crippen molar-refractivity contribution in [2.24, 2.45) is 5.73 Å². The first-order valence-electron chi connectivity index (χ1n) is 5.01. The van der Waals surface area contributed by atoms with Crippen molar-refractivity contribution in [3.05, 3.63) is 35.1 Å². The summed E-state index contributed by atoms with van der Waals surface area (Å²) < 4.78 is 13.0. The van der Waals surface area contributed by atoms with Crippen molar-refractivity contribution in [1.29, 1.82) is 0 Å². The van der Waals surface area contributed by atoms with E-state index in [4.69, 9.17) is 5.73 Å². The number of hydrazine groups is 1. The Hall–Kier alpha value is -1.46. The molecule has 0 heterocycles. The first kappa shape index (κ1) is 12.6. The fraction of sp³-hybridized carbons (Fsp3) is 0.364. The van der Waals surface area contributed by atoms with Crippen LogP contribution in [0.15, 0.2) is 18.2 Å². The summed E-state index contributed by atoms with van der Waals surface area (Å²) in [5.74, 6) is -0.540. The van der Waals surface area contributed by atoms with E-state index in [1.54, 1.807) is 26.1 Å². The summed E-state index contributed by atoms with van der Waals surface area (Å²) in [6, 6.07) is 4.07. The average Bonchev–Trinajstić information content (AvgIpc) is 2.24. The topological polar surface area (TPSA) is 67.1 Å². The summed E-state index contributed by atoms with van der Waals surface area (Å²) in [5.41, 5.74) is 12.0. The number of halogens is 1. The Balaban J connectivity index is 2.66. The third kappa shape index (κ3) is 3.29. The minimum absolute atomic E-state index is 0.253. The van der Waals surface area contributed by atoms with Crippen LogP contribution in [0.1, 0.15) is 11.1 Å². The van der Waals surface area contributed by atoms with Crippen LogP contribution in [0.25, 0.3) is 0 Å². The van der Waals surface area contributed by atoms with Crippen LogP contribution in [0.4, 0.5) is 4.39 Å². The van der Waals surface area contributed by atoms with Crippen LogP contribution in [0.3, 0.4) is 0 Å². The molecule has 4 N–H and O–H groups in total. The first-order chi connectivity index (χ1) is 7.54. The summed E-state index contributed by atoms with van der Waals surface area (Å²) in [7, 11) is 1.59. The molecule has 1 amide bonds. The van der Waals surface area contributed by atoms with Crippen LogP contribution in [0, 0.1) is 12.7 Å². The van der Waals surface area contributed by atoms with Crippen LogP contribution in [-0.2, 0) is 11.2 Å². The molecule has 88 valence electrons. The normalized spacial score (nSPS) is 12.2. The number of nitrogens with two attached hydrogens (primary N) is 1. The predicted octanol–water partition coefficient (Wildman–Crippen LogP) is 0.255. The standard InChI is InChI=1S/C11H16FN3O/c1-7-5-8(3-4-9(7)12)6-10(13)11(16)15-14-2/h3-5,10,14H,6,13H2,1-2H3,(H,15,16). The van der Waals surface area contributed by atoms with Crippen molar-refractivity contribution in [2.45, 2.75) is 19.4 Å². The molecule has 0 spiro atoms. The molecule has 0 radical (unpaired) electrons. The minimum Gasteiger partial charge on any atom is -0.320 e. The van der Waals surface area contributed by atoms with Crippen LogP contribution >= 0.6 is 0 Å². The van der Waals surface area contributed by atoms with Gasteiger partial charge in [-0.3, -0.25) is 10.2 Å². The molecular formula is C11H16FN3O. The molecule has 1 aromatic carbocycles. The van der Waals surface area contributed by atoms with E-state index in [-0.39, 0.29) is 11.7 Å². The van der Waals surface area contributed by atoms with E-state index in [9.17, 15) is 9.18 Å². The highest BCUT2D eigenvalue weighted by Crippen LogP contribution is 2.10. The zero-order valence-electron chi connectivity index (χ0n) is 9.38. The first-order valence-corrected chi connectivity index (χ1v) is 5.01. The number of carbonyl (C=O) groups is 1. The lowest BCUT2D eigenvalue weighted by molar-refractivity contribution is -0.123. The van der Waals surface area contributed by atoms with E-state index in [0.29, 0.717) is 12.0 Å². The fourth-order valence-electron chi connectivity index (χ4n) is 1.40. The number of aryl methyl sites for hydroxylation is 1. The second kappa shape index (κ2) is 5.58. The molecule has 1 atom stereocenters. The Morgan fingerprint density at radius 2 is 2.25 bits per heavy atom. The number of hydrogen-bond acceptors (Lipinski definition) is 3. The summed E-state index contributed by atoms with van der Waals surface area (Å²) >= 11 is 0. The van der Waals surface area contributed by atoms with Crippen LogP contribution in [-0.4, -0.2) is 19.0 Å². The second-order valence-corrected chi connectivity index (χ2v) is 3.63. The lowest BCUT2D eigenvalue weighted by atomic mass is 10.0. The number of benzene rings is 1. The smallest absolute Gasteiger partial charge is 0.251 e. The van der Waals surface area contributed by atoms with Crippen molar-refractivity contribution in [3.63, 3.8) is 0 Å². The molecule has 0 aliphatic rings. The van der Waals surface area contributed by atoms with Gasteiger partial charge in [-0.1, -0.05) is 12.1 Å². The third-order valence-corrected chi connectivity index (χ3v) is 2.26. The summed E-state index contributed by atoms with van der Waals surface area (Å²) in [6.45, 7) is 1.68. The van der Waals surface area contributed by atoms with Crippen LogP contribution in [0.2, 0.25) is 0 Å². The van der Waals surface area contributed by atoms with Crippen molar-refractivity contribution in [2.75, 3.05) is 7.05 Å². The number of carbonyl (C=O) groups excluding carboxylic acids is 1. The van der Waals surface area contributed by atoms with Gasteiger partial charge in [-0.2, -0.15) is 0 Å². The van der Waals surface area contributed by atoms with Gasteiger partial charge in [0, 0.05) is 7.05 Å². The van der Waals surface area contributed by atoms with Gasteiger partial charge in [-0.05, 0) is 30.5 Å². The van der Waals surface area contributed by atoms with Gasteiger partial charge in [0.2, 0.25) is 0 Å². The minimum atomic E-state index is -0.641. The Morgan fingerprint density at radius 1 is 1.56 bits per heavy atom. The zero-order chi connectivity index (χ0) is 12.1. The molecular weight excluding hydrogens is 209 g/mol. The van der Waals surface area contributed by atoms with Gasteiger partial charge in [-0.15, -0.1) is 0 Å². The molecule has 0 saturated carbocycles. The predicted molar refractivity (Wildman–Crippen MR) is 60.0 cm³/mol. The molecule has 1 aromatic rings. The van der Waals surface area contributed by atoms with Gasteiger partial charge in [-0.25, -0.2) is 9.82 Å². The molecule has 4 nitrogen and oxygen atoms in total. The van der Waals surface area contributed by atoms with E-state index < -0.39 is 6.04 Å². The van der Waals surface area contributed by atoms with Gasteiger partial charge in [0.1, 0.15) is 5.82 Å². The summed E-state index contributed by atoms with van der Waals surface area (Å²) in [5, 5.41) is 0. The van der Waals surface area contributed by atoms with Gasteiger partial charge in [0.15, 0.2) is 0 Å². The van der Waals surface area contributed by atoms with Crippen LogP contribution < -0.4 is 16.6 Å². The molecule has 0 aliphatic heterocycles. The van der Waals surface area contributed by atoms with Gasteiger partial charge >= 0.3 is 0 Å². The Morgan fingerprint density at radius 3 is 2.81 bits per heavy atom. The summed E-state index contributed by atoms with van der Waals surface area (Å²) in [4.78, 5) is 11.3. The second-order valence-electron chi connectivity index (χ2n) is 3.63. The van der Waals surface area contributed by atoms with Crippen molar-refractivity contribution in [3.8, 4) is 0 Å². The highest BCUT2D eigenvalue weighted by Gasteiger charge is 2.13. The lowest BCUT2D eigenvalue weighted by Crippen LogP contribution is -2.46. The molecule has 0 aliphatic carbocycles. The molecule has 5 heteroatoms. The molecule has 0 aromatic heterocycles. The Labute approximate surface area is 94.0 Å². The quantitative estimate of drug-likeness (QED) is 0.644. The van der Waals surface area contributed by atoms with Crippen molar-refractivity contribution >= 4 is 5.91 Å². The highest BCUT2D eigenvalue weighted by molar-refractivity contribution is 5.81. The lowest BCUT2D eigenvalue weighted by Gasteiger charge is -2.11. The molecule has 16 heavy (non-hydrogen) atoms. The maximum atomic E-state index is 13.0. The summed E-state index contributed by atoms with van der Waals surface area (Å²) in [6.07, 6.45) is 0.384. The average molecular weight is 225 g/mol. The molecule has 0 bridgehead atoms. The van der Waals surface area contributed by atoms with Gasteiger partial charge in [0.05, 0.1) is 6.04 Å². The molecule has 0 saturated heterocycles. The maximum Gasteiger partial charge on any atom is 0.251 e. The molecule has 1 rings (SSSR count). The van der Waals surface area contributed by atoms with E-state index in [1.807, 2.05) is 0 Å². The zero-order valence-corrected chi connectivity index (χ0v) is 9.38. The largest absolute Gasteiger partial charge is 0.320 e. The van der Waals surface area contributed by atoms with Gasteiger partial charge in [0.25, 0.3) is 5.91 Å².